The first-order valence-corrected chi connectivity index (χ1v) is 5.49. The number of allylic oxidation sites excluding steroid dienone is 1. The maximum absolute atomic E-state index is 10.8. The first-order valence-electron chi connectivity index (χ1n) is 5.49. The summed E-state index contributed by atoms with van der Waals surface area (Å²) in [6.07, 6.45) is 8.41. The van der Waals surface area contributed by atoms with Gasteiger partial charge in [0.1, 0.15) is 0 Å². The van der Waals surface area contributed by atoms with Gasteiger partial charge in [-0.2, -0.15) is 0 Å². The maximum atomic E-state index is 10.8. The van der Waals surface area contributed by atoms with Crippen molar-refractivity contribution in [2.45, 2.75) is 38.5 Å². The van der Waals surface area contributed by atoms with Crippen LogP contribution < -0.4 is 0 Å². The molecule has 0 rings (SSSR count). The van der Waals surface area contributed by atoms with Crippen molar-refractivity contribution in [2.75, 3.05) is 14.2 Å². The minimum atomic E-state index is -0.220. The van der Waals surface area contributed by atoms with Crippen LogP contribution >= 0.6 is 0 Å². The molecule has 0 aromatic carbocycles. The summed E-state index contributed by atoms with van der Waals surface area (Å²) in [5.74, 6) is -0.372. The van der Waals surface area contributed by atoms with Gasteiger partial charge >= 0.3 is 11.9 Å². The number of carbonyl (C=O) groups excluding carboxylic acids is 2. The lowest BCUT2D eigenvalue weighted by molar-refractivity contribution is -0.141. The molecule has 4 heteroatoms. The summed E-state index contributed by atoms with van der Waals surface area (Å²) in [5, 5.41) is 0. The largest absolute Gasteiger partial charge is 0.469 e. The first kappa shape index (κ1) is 14.7. The summed E-state index contributed by atoms with van der Waals surface area (Å²) < 4.78 is 9.02. The van der Waals surface area contributed by atoms with E-state index in [2.05, 4.69) is 9.47 Å². The fraction of sp³-hybridized carbons (Fsp3) is 0.667. The van der Waals surface area contributed by atoms with Crippen molar-refractivity contribution in [3.63, 3.8) is 0 Å². The van der Waals surface area contributed by atoms with Gasteiger partial charge in [-0.15, -0.1) is 0 Å². The van der Waals surface area contributed by atoms with Gasteiger partial charge in [-0.25, -0.2) is 0 Å². The molecule has 0 saturated carbocycles. The van der Waals surface area contributed by atoms with Crippen LogP contribution in [0.4, 0.5) is 0 Å². The summed E-state index contributed by atoms with van der Waals surface area (Å²) in [6, 6.07) is 0. The molecule has 0 bridgehead atoms. The molecule has 16 heavy (non-hydrogen) atoms. The predicted octanol–water partition coefficient (Wildman–Crippen LogP) is 2.23. The molecule has 0 spiro atoms. The SMILES string of the molecule is COC(=O)C/C=C/CCCCCC(=O)OC. The minimum Gasteiger partial charge on any atom is -0.469 e. The van der Waals surface area contributed by atoms with Crippen LogP contribution in [0.2, 0.25) is 0 Å². The third-order valence-corrected chi connectivity index (χ3v) is 2.16. The van der Waals surface area contributed by atoms with E-state index in [1.54, 1.807) is 0 Å². The summed E-state index contributed by atoms with van der Waals surface area (Å²) in [5.41, 5.74) is 0. The third-order valence-electron chi connectivity index (χ3n) is 2.16. The quantitative estimate of drug-likeness (QED) is 0.363. The van der Waals surface area contributed by atoms with Crippen molar-refractivity contribution in [1.82, 2.24) is 0 Å². The molecular weight excluding hydrogens is 208 g/mol. The summed E-state index contributed by atoms with van der Waals surface area (Å²) >= 11 is 0. The molecule has 0 fully saturated rings. The van der Waals surface area contributed by atoms with E-state index in [-0.39, 0.29) is 11.9 Å². The van der Waals surface area contributed by atoms with Gasteiger partial charge in [-0.1, -0.05) is 18.6 Å². The summed E-state index contributed by atoms with van der Waals surface area (Å²) in [6.45, 7) is 0. The molecule has 4 nitrogen and oxygen atoms in total. The second-order valence-electron chi connectivity index (χ2n) is 3.43. The Kier molecular flexibility index (Phi) is 9.36. The van der Waals surface area contributed by atoms with Crippen molar-refractivity contribution in [3.8, 4) is 0 Å². The van der Waals surface area contributed by atoms with Gasteiger partial charge < -0.3 is 9.47 Å². The van der Waals surface area contributed by atoms with E-state index in [9.17, 15) is 9.59 Å². The van der Waals surface area contributed by atoms with Crippen molar-refractivity contribution in [1.29, 1.82) is 0 Å². The lowest BCUT2D eigenvalue weighted by Gasteiger charge is -1.98. The van der Waals surface area contributed by atoms with Crippen LogP contribution in [0.25, 0.3) is 0 Å². The van der Waals surface area contributed by atoms with Gasteiger partial charge in [-0.3, -0.25) is 9.59 Å². The molecule has 0 unspecified atom stereocenters. The Balaban J connectivity index is 3.27. The average molecular weight is 228 g/mol. The molecule has 0 aliphatic rings. The molecular formula is C12H20O4. The molecule has 92 valence electrons. The number of carbonyl (C=O) groups is 2. The zero-order chi connectivity index (χ0) is 12.2. The van der Waals surface area contributed by atoms with Gasteiger partial charge in [0.15, 0.2) is 0 Å². The van der Waals surface area contributed by atoms with Gasteiger partial charge in [-0.05, 0) is 19.3 Å². The maximum Gasteiger partial charge on any atom is 0.309 e. The number of hydrogen-bond donors (Lipinski definition) is 0. The normalized spacial score (nSPS) is 10.4. The minimum absolute atomic E-state index is 0.152. The van der Waals surface area contributed by atoms with E-state index in [1.807, 2.05) is 12.2 Å². The molecule has 0 aromatic rings. The molecule has 0 radical (unpaired) electrons. The zero-order valence-electron chi connectivity index (χ0n) is 10.0. The van der Waals surface area contributed by atoms with E-state index in [0.29, 0.717) is 12.8 Å². The number of rotatable bonds is 8. The number of esters is 2. The molecule has 0 heterocycles. The predicted molar refractivity (Wildman–Crippen MR) is 60.9 cm³/mol. The van der Waals surface area contributed by atoms with E-state index < -0.39 is 0 Å². The Labute approximate surface area is 96.6 Å². The number of methoxy groups -OCH3 is 2. The Morgan fingerprint density at radius 3 is 2.25 bits per heavy atom. The standard InChI is InChI=1S/C12H20O4/c1-15-11(13)9-7-5-3-4-6-8-10-12(14)16-2/h5,7H,3-4,6,8-10H2,1-2H3/b7-5+. The molecule has 0 saturated heterocycles. The Bertz CT molecular complexity index is 233. The van der Waals surface area contributed by atoms with Crippen molar-refractivity contribution < 1.29 is 19.1 Å². The van der Waals surface area contributed by atoms with Crippen LogP contribution in [-0.2, 0) is 19.1 Å². The zero-order valence-corrected chi connectivity index (χ0v) is 10.0. The van der Waals surface area contributed by atoms with E-state index in [4.69, 9.17) is 0 Å². The van der Waals surface area contributed by atoms with Crippen LogP contribution in [0.5, 0.6) is 0 Å². The second kappa shape index (κ2) is 10.2. The first-order chi connectivity index (χ1) is 7.70. The van der Waals surface area contributed by atoms with Crippen LogP contribution in [0, 0.1) is 0 Å². The van der Waals surface area contributed by atoms with E-state index in [1.165, 1.54) is 14.2 Å². The highest BCUT2D eigenvalue weighted by molar-refractivity contribution is 5.70. The monoisotopic (exact) mass is 228 g/mol. The smallest absolute Gasteiger partial charge is 0.309 e. The number of ether oxygens (including phenoxy) is 2. The highest BCUT2D eigenvalue weighted by atomic mass is 16.5. The van der Waals surface area contributed by atoms with Gasteiger partial charge in [0.05, 0.1) is 20.6 Å². The van der Waals surface area contributed by atoms with Crippen molar-refractivity contribution in [3.05, 3.63) is 12.2 Å². The van der Waals surface area contributed by atoms with Crippen LogP contribution in [0.3, 0.4) is 0 Å². The highest BCUT2D eigenvalue weighted by Crippen LogP contribution is 2.04. The molecule has 0 amide bonds. The Morgan fingerprint density at radius 1 is 0.938 bits per heavy atom. The van der Waals surface area contributed by atoms with Gasteiger partial charge in [0.2, 0.25) is 0 Å². The number of unbranched alkanes of at least 4 members (excludes halogenated alkanes) is 3. The fourth-order valence-electron chi connectivity index (χ4n) is 1.19. The highest BCUT2D eigenvalue weighted by Gasteiger charge is 1.98. The van der Waals surface area contributed by atoms with Gasteiger partial charge in [0.25, 0.3) is 0 Å². The van der Waals surface area contributed by atoms with Crippen molar-refractivity contribution >= 4 is 11.9 Å². The van der Waals surface area contributed by atoms with E-state index >= 15 is 0 Å². The second-order valence-corrected chi connectivity index (χ2v) is 3.43. The topological polar surface area (TPSA) is 52.6 Å². The fourth-order valence-corrected chi connectivity index (χ4v) is 1.19. The summed E-state index contributed by atoms with van der Waals surface area (Å²) in [4.78, 5) is 21.5. The third kappa shape index (κ3) is 9.24. The Hall–Kier alpha value is -1.32. The number of hydrogen-bond acceptors (Lipinski definition) is 4. The lowest BCUT2D eigenvalue weighted by Crippen LogP contribution is -1.99. The van der Waals surface area contributed by atoms with Gasteiger partial charge in [0, 0.05) is 6.42 Å². The van der Waals surface area contributed by atoms with Crippen LogP contribution in [0.1, 0.15) is 38.5 Å². The Morgan fingerprint density at radius 2 is 1.62 bits per heavy atom. The molecule has 0 aliphatic carbocycles. The summed E-state index contributed by atoms with van der Waals surface area (Å²) in [7, 11) is 2.78. The molecule has 0 aliphatic heterocycles. The molecule has 0 N–H and O–H groups in total. The van der Waals surface area contributed by atoms with Crippen LogP contribution in [-0.4, -0.2) is 26.2 Å². The lowest BCUT2D eigenvalue weighted by atomic mass is 10.1. The van der Waals surface area contributed by atoms with E-state index in [0.717, 1.165) is 25.7 Å². The van der Waals surface area contributed by atoms with Crippen molar-refractivity contribution in [2.24, 2.45) is 0 Å². The molecule has 0 atom stereocenters. The van der Waals surface area contributed by atoms with Crippen LogP contribution in [0.15, 0.2) is 12.2 Å². The average Bonchev–Trinajstić information content (AvgIpc) is 2.31. The molecule has 0 aromatic heterocycles.